The van der Waals surface area contributed by atoms with Crippen molar-refractivity contribution >= 4 is 18.9 Å². The average molecular weight is 315 g/mol. The molecule has 1 aromatic rings. The molecule has 0 aliphatic carbocycles. The molecule has 0 saturated heterocycles. The molecule has 1 radical (unpaired) electrons. The molecule has 125 valence electrons. The second-order valence-corrected chi connectivity index (χ2v) is 5.80. The van der Waals surface area contributed by atoms with Gasteiger partial charge in [-0.3, -0.25) is 4.79 Å². The van der Waals surface area contributed by atoms with Gasteiger partial charge < -0.3 is 15.7 Å². The van der Waals surface area contributed by atoms with Crippen molar-refractivity contribution in [1.82, 2.24) is 10.6 Å². The fourth-order valence-corrected chi connectivity index (χ4v) is 1.62. The van der Waals surface area contributed by atoms with Gasteiger partial charge in [-0.25, -0.2) is 0 Å². The van der Waals surface area contributed by atoms with Gasteiger partial charge in [0.1, 0.15) is 0 Å². The number of hydrogen-bond acceptors (Lipinski definition) is 3. The van der Waals surface area contributed by atoms with Crippen LogP contribution in [0, 0.1) is 0 Å². The Balaban J connectivity index is 0.000000468. The van der Waals surface area contributed by atoms with Gasteiger partial charge in [0.2, 0.25) is 5.91 Å². The lowest BCUT2D eigenvalue weighted by Gasteiger charge is -2.07. The van der Waals surface area contributed by atoms with E-state index >= 15 is 0 Å². The minimum atomic E-state index is -0.0648. The Labute approximate surface area is 141 Å². The average Bonchev–Trinajstić information content (AvgIpc) is 2.47. The molecule has 0 unspecified atom stereocenters. The maximum absolute atomic E-state index is 10.7. The van der Waals surface area contributed by atoms with E-state index in [9.17, 15) is 4.79 Å². The van der Waals surface area contributed by atoms with Crippen LogP contribution in [0.1, 0.15) is 33.3 Å². The highest BCUT2D eigenvalue weighted by molar-refractivity contribution is 6.46. The van der Waals surface area contributed by atoms with Gasteiger partial charge in [-0.1, -0.05) is 43.0 Å². The number of amides is 1. The summed E-state index contributed by atoms with van der Waals surface area (Å²) < 4.78 is 0. The van der Waals surface area contributed by atoms with Crippen molar-refractivity contribution in [1.29, 1.82) is 0 Å². The Morgan fingerprint density at radius 2 is 1.87 bits per heavy atom. The molecule has 0 bridgehead atoms. The van der Waals surface area contributed by atoms with Gasteiger partial charge in [0.15, 0.2) is 0 Å². The number of benzene rings is 1. The molecule has 1 aromatic carbocycles. The van der Waals surface area contributed by atoms with Crippen LogP contribution in [0.25, 0.3) is 0 Å². The van der Waals surface area contributed by atoms with Crippen molar-refractivity contribution < 1.29 is 9.82 Å². The van der Waals surface area contributed by atoms with Crippen LogP contribution in [-0.4, -0.2) is 31.0 Å². The smallest absolute Gasteiger partial charge is 0.327 e. The largest absolute Gasteiger partial charge is 0.450 e. The maximum Gasteiger partial charge on any atom is 0.327 e. The van der Waals surface area contributed by atoms with Gasteiger partial charge in [-0.05, 0) is 38.7 Å². The second kappa shape index (κ2) is 11.7. The predicted octanol–water partition coefficient (Wildman–Crippen LogP) is 1.68. The van der Waals surface area contributed by atoms with Crippen LogP contribution in [0.15, 0.2) is 48.6 Å². The van der Waals surface area contributed by atoms with Crippen LogP contribution in [0.5, 0.6) is 0 Å². The summed E-state index contributed by atoms with van der Waals surface area (Å²) in [6.45, 7) is 16.4. The first kappa shape index (κ1) is 21.2. The van der Waals surface area contributed by atoms with E-state index in [-0.39, 0.29) is 11.9 Å². The lowest BCUT2D eigenvalue weighted by molar-refractivity contribution is -0.117. The first-order chi connectivity index (χ1) is 10.8. The van der Waals surface area contributed by atoms with Gasteiger partial charge >= 0.3 is 7.48 Å². The first-order valence-corrected chi connectivity index (χ1v) is 7.64. The van der Waals surface area contributed by atoms with Crippen molar-refractivity contribution in [2.45, 2.75) is 40.3 Å². The molecule has 3 N–H and O–H groups in total. The Hall–Kier alpha value is -1.85. The molecule has 0 aromatic heterocycles. The number of carbonyl (C=O) groups excluding carboxylic acids is 1. The normalized spacial score (nSPS) is 9.65. The quantitative estimate of drug-likeness (QED) is 0.407. The second-order valence-electron chi connectivity index (χ2n) is 5.80. The molecular weight excluding hydrogens is 287 g/mol. The van der Waals surface area contributed by atoms with Crippen molar-refractivity contribution in [2.24, 2.45) is 0 Å². The Bertz CT molecular complexity index is 528. The fourth-order valence-electron chi connectivity index (χ4n) is 1.62. The highest BCUT2D eigenvalue weighted by atomic mass is 16.2. The van der Waals surface area contributed by atoms with Gasteiger partial charge in [-0.2, -0.15) is 0 Å². The third-order valence-electron chi connectivity index (χ3n) is 2.74. The molecule has 0 fully saturated rings. The summed E-state index contributed by atoms with van der Waals surface area (Å²) in [6, 6.07) is 7.95. The van der Waals surface area contributed by atoms with Crippen molar-refractivity contribution in [2.75, 3.05) is 6.54 Å². The van der Waals surface area contributed by atoms with Crippen molar-refractivity contribution in [3.05, 3.63) is 54.1 Å². The summed E-state index contributed by atoms with van der Waals surface area (Å²) in [5.41, 5.74) is 3.62. The van der Waals surface area contributed by atoms with E-state index in [0.29, 0.717) is 5.57 Å². The van der Waals surface area contributed by atoms with E-state index in [2.05, 4.69) is 23.8 Å². The number of hydrogen-bond donors (Lipinski definition) is 3. The number of nitrogens with one attached hydrogen (secondary N) is 2. The Kier molecular flexibility index (Phi) is 10.7. The SMILES string of the molecule is C=C(C)C(=O)NC(C)C.C=C(C)CNCc1ccccc1[B]O. The number of rotatable bonds is 7. The molecule has 0 heterocycles. The summed E-state index contributed by atoms with van der Waals surface area (Å²) in [7, 11) is 1.14. The molecule has 0 aliphatic heterocycles. The van der Waals surface area contributed by atoms with Crippen LogP contribution in [0.3, 0.4) is 0 Å². The molecule has 0 atom stereocenters. The molecule has 23 heavy (non-hydrogen) atoms. The lowest BCUT2D eigenvalue weighted by Crippen LogP contribution is -2.30. The van der Waals surface area contributed by atoms with Crippen LogP contribution in [0.2, 0.25) is 0 Å². The third kappa shape index (κ3) is 10.5. The molecule has 0 aliphatic rings. The molecular formula is C18H28BN2O2. The number of carbonyl (C=O) groups is 1. The van der Waals surface area contributed by atoms with Gasteiger partial charge in [-0.15, -0.1) is 0 Å². The van der Waals surface area contributed by atoms with E-state index < -0.39 is 0 Å². The van der Waals surface area contributed by atoms with E-state index in [1.807, 2.05) is 45.0 Å². The predicted molar refractivity (Wildman–Crippen MR) is 98.7 cm³/mol. The van der Waals surface area contributed by atoms with E-state index in [0.717, 1.165) is 37.2 Å². The third-order valence-corrected chi connectivity index (χ3v) is 2.74. The Morgan fingerprint density at radius 1 is 1.26 bits per heavy atom. The van der Waals surface area contributed by atoms with Crippen LogP contribution >= 0.6 is 0 Å². The zero-order chi connectivity index (χ0) is 17.8. The maximum atomic E-state index is 10.7. The molecule has 0 spiro atoms. The van der Waals surface area contributed by atoms with Crippen LogP contribution in [-0.2, 0) is 11.3 Å². The van der Waals surface area contributed by atoms with Crippen LogP contribution in [0.4, 0.5) is 0 Å². The van der Waals surface area contributed by atoms with Gasteiger partial charge in [0, 0.05) is 24.7 Å². The molecule has 4 nitrogen and oxygen atoms in total. The van der Waals surface area contributed by atoms with E-state index in [4.69, 9.17) is 5.02 Å². The van der Waals surface area contributed by atoms with Crippen molar-refractivity contribution in [3.8, 4) is 0 Å². The highest BCUT2D eigenvalue weighted by Crippen LogP contribution is 1.95. The minimum absolute atomic E-state index is 0.0648. The minimum Gasteiger partial charge on any atom is -0.450 e. The summed E-state index contributed by atoms with van der Waals surface area (Å²) in [5, 5.41) is 14.9. The molecule has 1 rings (SSSR count). The summed E-state index contributed by atoms with van der Waals surface area (Å²) >= 11 is 0. The van der Waals surface area contributed by atoms with E-state index in [1.165, 1.54) is 0 Å². The van der Waals surface area contributed by atoms with E-state index in [1.54, 1.807) is 6.92 Å². The monoisotopic (exact) mass is 315 g/mol. The summed E-state index contributed by atoms with van der Waals surface area (Å²) in [6.07, 6.45) is 0. The standard InChI is InChI=1S/C11H15BNO.C7H13NO/c1-9(2)7-13-8-10-5-3-4-6-11(10)12-14;1-5(2)7(9)8-6(3)4/h3-6,13-14H,1,7-8H2,2H3;6H,1H2,2-4H3,(H,8,9). The van der Waals surface area contributed by atoms with Gasteiger partial charge in [0.25, 0.3) is 0 Å². The van der Waals surface area contributed by atoms with Gasteiger partial charge in [0.05, 0.1) is 0 Å². The lowest BCUT2D eigenvalue weighted by atomic mass is 9.84. The van der Waals surface area contributed by atoms with Crippen LogP contribution < -0.4 is 16.1 Å². The van der Waals surface area contributed by atoms with Crippen molar-refractivity contribution in [3.63, 3.8) is 0 Å². The zero-order valence-corrected chi connectivity index (χ0v) is 14.6. The highest BCUT2D eigenvalue weighted by Gasteiger charge is 2.01. The molecule has 0 saturated carbocycles. The summed E-state index contributed by atoms with van der Waals surface area (Å²) in [4.78, 5) is 10.7. The molecule has 5 heteroatoms. The first-order valence-electron chi connectivity index (χ1n) is 7.64. The fraction of sp³-hybridized carbons (Fsp3) is 0.389. The topological polar surface area (TPSA) is 61.4 Å². The zero-order valence-electron chi connectivity index (χ0n) is 14.6. The summed E-state index contributed by atoms with van der Waals surface area (Å²) in [5.74, 6) is -0.0648. The molecule has 1 amide bonds. The Morgan fingerprint density at radius 3 is 2.30 bits per heavy atom.